The van der Waals surface area contributed by atoms with Crippen molar-refractivity contribution < 1.29 is 9.59 Å². The molecule has 1 saturated heterocycles. The number of benzene rings is 3. The van der Waals surface area contributed by atoms with Crippen LogP contribution in [0.5, 0.6) is 0 Å². The van der Waals surface area contributed by atoms with Crippen molar-refractivity contribution in [2.24, 2.45) is 5.92 Å². The monoisotopic (exact) mass is 498 g/mol. The number of nitrogens with one attached hydrogen (secondary N) is 1. The Hall–Kier alpha value is -3.90. The van der Waals surface area contributed by atoms with Crippen LogP contribution in [0.4, 0.5) is 0 Å². The molecule has 0 unspecified atom stereocenters. The smallest absolute Gasteiger partial charge is 0.257 e. The van der Waals surface area contributed by atoms with E-state index < -0.39 is 0 Å². The maximum atomic E-state index is 13.6. The van der Waals surface area contributed by atoms with Crippen molar-refractivity contribution >= 4 is 23.4 Å². The zero-order chi connectivity index (χ0) is 24.9. The average molecular weight is 499 g/mol. The Morgan fingerprint density at radius 3 is 2.19 bits per heavy atom. The number of carbonyl (C=O) groups is 2. The fraction of sp³-hybridized carbons (Fsp3) is 0.207. The average Bonchev–Trinajstić information content (AvgIpc) is 3.38. The number of hydrogen-bond donors (Lipinski definition) is 1. The summed E-state index contributed by atoms with van der Waals surface area (Å²) in [5, 5.41) is 8.42. The summed E-state index contributed by atoms with van der Waals surface area (Å²) >= 11 is 6.09. The molecule has 0 bridgehead atoms. The molecule has 5 rings (SSSR count). The van der Waals surface area contributed by atoms with Gasteiger partial charge in [-0.25, -0.2) is 4.68 Å². The highest BCUT2D eigenvalue weighted by Crippen LogP contribution is 2.28. The molecule has 1 N–H and O–H groups in total. The minimum absolute atomic E-state index is 0.0460. The Morgan fingerprint density at radius 1 is 0.889 bits per heavy atom. The van der Waals surface area contributed by atoms with Crippen molar-refractivity contribution in [3.63, 3.8) is 0 Å². The van der Waals surface area contributed by atoms with Gasteiger partial charge in [0.15, 0.2) is 0 Å². The minimum Gasteiger partial charge on any atom is -0.352 e. The Bertz CT molecular complexity index is 1330. The fourth-order valence-electron chi connectivity index (χ4n) is 4.51. The van der Waals surface area contributed by atoms with Gasteiger partial charge < -0.3 is 10.2 Å². The van der Waals surface area contributed by atoms with E-state index in [9.17, 15) is 9.59 Å². The number of piperidine rings is 1. The second-order valence-corrected chi connectivity index (χ2v) is 9.38. The van der Waals surface area contributed by atoms with E-state index in [1.807, 2.05) is 77.7 Å². The summed E-state index contributed by atoms with van der Waals surface area (Å²) in [5.74, 6) is -0.129. The van der Waals surface area contributed by atoms with Gasteiger partial charge in [-0.2, -0.15) is 5.10 Å². The lowest BCUT2D eigenvalue weighted by Gasteiger charge is -2.31. The molecule has 0 spiro atoms. The van der Waals surface area contributed by atoms with Crippen LogP contribution in [0.1, 0.15) is 28.8 Å². The van der Waals surface area contributed by atoms with Gasteiger partial charge >= 0.3 is 0 Å². The Labute approximate surface area is 215 Å². The molecule has 0 saturated carbocycles. The molecule has 1 aliphatic heterocycles. The van der Waals surface area contributed by atoms with Gasteiger partial charge in [0.25, 0.3) is 5.91 Å². The first-order chi connectivity index (χ1) is 17.6. The first-order valence-corrected chi connectivity index (χ1v) is 12.5. The fourth-order valence-corrected chi connectivity index (χ4v) is 4.63. The van der Waals surface area contributed by atoms with Gasteiger partial charge in [-0.3, -0.25) is 9.59 Å². The Morgan fingerprint density at radius 2 is 1.53 bits per heavy atom. The molecule has 36 heavy (non-hydrogen) atoms. The molecule has 2 heterocycles. The molecule has 0 radical (unpaired) electrons. The Balaban J connectivity index is 1.30. The van der Waals surface area contributed by atoms with Crippen LogP contribution in [0.25, 0.3) is 16.9 Å². The van der Waals surface area contributed by atoms with Crippen LogP contribution in [0.2, 0.25) is 5.02 Å². The van der Waals surface area contributed by atoms with E-state index in [-0.39, 0.29) is 17.7 Å². The third kappa shape index (κ3) is 5.34. The molecule has 6 nitrogen and oxygen atoms in total. The third-order valence-corrected chi connectivity index (χ3v) is 6.80. The van der Waals surface area contributed by atoms with Gasteiger partial charge in [0.1, 0.15) is 5.69 Å². The van der Waals surface area contributed by atoms with E-state index in [1.165, 1.54) is 0 Å². The SMILES string of the molecule is O=C(NCc1ccccc1)C1CCN(C(=O)c2cn(-c3ccccc3)nc2-c2ccc(Cl)cc2)CC1. The summed E-state index contributed by atoms with van der Waals surface area (Å²) in [6.45, 7) is 1.57. The van der Waals surface area contributed by atoms with Crippen LogP contribution in [0.15, 0.2) is 91.1 Å². The lowest BCUT2D eigenvalue weighted by Crippen LogP contribution is -2.43. The van der Waals surface area contributed by atoms with Gasteiger partial charge in [-0.05, 0) is 42.7 Å². The summed E-state index contributed by atoms with van der Waals surface area (Å²) in [6.07, 6.45) is 3.06. The molecule has 1 fully saturated rings. The van der Waals surface area contributed by atoms with Gasteiger partial charge in [0.05, 0.1) is 11.3 Å². The number of nitrogens with zero attached hydrogens (tertiary/aromatic N) is 3. The molecule has 2 amide bonds. The summed E-state index contributed by atoms with van der Waals surface area (Å²) in [4.78, 5) is 28.2. The van der Waals surface area contributed by atoms with Gasteiger partial charge in [0.2, 0.25) is 5.91 Å². The second-order valence-electron chi connectivity index (χ2n) is 8.95. The summed E-state index contributed by atoms with van der Waals surface area (Å²) in [5.41, 5.74) is 3.92. The molecule has 3 aromatic carbocycles. The van der Waals surface area contributed by atoms with Crippen molar-refractivity contribution in [3.8, 4) is 16.9 Å². The van der Waals surface area contributed by atoms with E-state index in [1.54, 1.807) is 23.0 Å². The van der Waals surface area contributed by atoms with Crippen molar-refractivity contribution in [2.45, 2.75) is 19.4 Å². The van der Waals surface area contributed by atoms with Crippen molar-refractivity contribution in [2.75, 3.05) is 13.1 Å². The highest BCUT2D eigenvalue weighted by atomic mass is 35.5. The predicted molar refractivity (Wildman–Crippen MR) is 141 cm³/mol. The highest BCUT2D eigenvalue weighted by molar-refractivity contribution is 6.30. The molecule has 1 aromatic heterocycles. The number of para-hydroxylation sites is 1. The maximum Gasteiger partial charge on any atom is 0.257 e. The normalized spacial score (nSPS) is 14.0. The first-order valence-electron chi connectivity index (χ1n) is 12.1. The number of aromatic nitrogens is 2. The van der Waals surface area contributed by atoms with Crippen molar-refractivity contribution in [1.82, 2.24) is 20.0 Å². The van der Waals surface area contributed by atoms with E-state index in [2.05, 4.69) is 5.32 Å². The number of carbonyl (C=O) groups excluding carboxylic acids is 2. The predicted octanol–water partition coefficient (Wildman–Crippen LogP) is 5.36. The molecular weight excluding hydrogens is 472 g/mol. The zero-order valence-corrected chi connectivity index (χ0v) is 20.6. The standard InChI is InChI=1S/C29H27ClN4O2/c30-24-13-11-22(12-14-24)27-26(20-34(32-27)25-9-5-2-6-10-25)29(36)33-17-15-23(16-18-33)28(35)31-19-21-7-3-1-4-8-21/h1-14,20,23H,15-19H2,(H,31,35). The first kappa shape index (κ1) is 23.8. The van der Waals surface area contributed by atoms with E-state index in [4.69, 9.17) is 16.7 Å². The van der Waals surface area contributed by atoms with Crippen LogP contribution in [-0.4, -0.2) is 39.6 Å². The molecule has 4 aromatic rings. The number of hydrogen-bond acceptors (Lipinski definition) is 3. The number of amides is 2. The zero-order valence-electron chi connectivity index (χ0n) is 19.8. The van der Waals surface area contributed by atoms with E-state index in [0.717, 1.165) is 16.8 Å². The molecule has 7 heteroatoms. The molecular formula is C29H27ClN4O2. The highest BCUT2D eigenvalue weighted by Gasteiger charge is 2.30. The van der Waals surface area contributed by atoms with E-state index in [0.29, 0.717) is 48.8 Å². The van der Waals surface area contributed by atoms with Crippen LogP contribution in [-0.2, 0) is 11.3 Å². The lowest BCUT2D eigenvalue weighted by molar-refractivity contribution is -0.126. The van der Waals surface area contributed by atoms with Crippen LogP contribution in [0.3, 0.4) is 0 Å². The van der Waals surface area contributed by atoms with Crippen LogP contribution in [0, 0.1) is 5.92 Å². The summed E-state index contributed by atoms with van der Waals surface area (Å²) in [6, 6.07) is 26.9. The largest absolute Gasteiger partial charge is 0.352 e. The van der Waals surface area contributed by atoms with Crippen molar-refractivity contribution in [3.05, 3.63) is 107 Å². The van der Waals surface area contributed by atoms with E-state index >= 15 is 0 Å². The lowest BCUT2D eigenvalue weighted by atomic mass is 9.95. The quantitative estimate of drug-likeness (QED) is 0.389. The van der Waals surface area contributed by atoms with Gasteiger partial charge in [-0.1, -0.05) is 72.3 Å². The van der Waals surface area contributed by atoms with Crippen LogP contribution >= 0.6 is 11.6 Å². The van der Waals surface area contributed by atoms with Crippen molar-refractivity contribution in [1.29, 1.82) is 0 Å². The summed E-state index contributed by atoms with van der Waals surface area (Å²) in [7, 11) is 0. The number of likely N-dealkylation sites (tertiary alicyclic amines) is 1. The number of halogens is 1. The van der Waals surface area contributed by atoms with Gasteiger partial charge in [-0.15, -0.1) is 0 Å². The van der Waals surface area contributed by atoms with Gasteiger partial charge in [0, 0.05) is 42.3 Å². The third-order valence-electron chi connectivity index (χ3n) is 6.55. The molecule has 182 valence electrons. The molecule has 1 aliphatic rings. The Kier molecular flexibility index (Phi) is 7.14. The maximum absolute atomic E-state index is 13.6. The van der Waals surface area contributed by atoms with Crippen LogP contribution < -0.4 is 5.32 Å². The second kappa shape index (κ2) is 10.8. The molecule has 0 aliphatic carbocycles. The summed E-state index contributed by atoms with van der Waals surface area (Å²) < 4.78 is 1.74. The topological polar surface area (TPSA) is 67.2 Å². The number of rotatable bonds is 6. The molecule has 0 atom stereocenters. The minimum atomic E-state index is -0.0967.